The van der Waals surface area contributed by atoms with Crippen LogP contribution in [0.25, 0.3) is 0 Å². The van der Waals surface area contributed by atoms with Crippen LogP contribution in [0, 0.1) is 13.8 Å². The van der Waals surface area contributed by atoms with Gasteiger partial charge in [-0.25, -0.2) is 4.79 Å². The molecule has 1 heterocycles. The summed E-state index contributed by atoms with van der Waals surface area (Å²) in [7, 11) is 0. The summed E-state index contributed by atoms with van der Waals surface area (Å²) >= 11 is 0. The molecule has 20 heavy (non-hydrogen) atoms. The maximum Gasteiger partial charge on any atom is 0.348 e. The Balaban J connectivity index is 2.12. The van der Waals surface area contributed by atoms with Crippen LogP contribution in [0.2, 0.25) is 0 Å². The highest BCUT2D eigenvalue weighted by Crippen LogP contribution is 2.18. The molecule has 1 aromatic rings. The number of nitrogens with one attached hydrogen (secondary N) is 1. The summed E-state index contributed by atoms with van der Waals surface area (Å²) in [5.74, 6) is -0.0900. The number of nitrogens with zero attached hydrogens (tertiary/aromatic N) is 2. The minimum atomic E-state index is -0.516. The maximum absolute atomic E-state index is 12.3. The summed E-state index contributed by atoms with van der Waals surface area (Å²) in [6, 6.07) is 1.57. The second kappa shape index (κ2) is 6.20. The average molecular weight is 277 g/mol. The zero-order valence-corrected chi connectivity index (χ0v) is 12.5. The number of carbonyl (C=O) groups excluding carboxylic acids is 1. The van der Waals surface area contributed by atoms with Crippen molar-refractivity contribution in [3.8, 4) is 0 Å². The normalized spacial score (nSPS) is 17.8. The quantitative estimate of drug-likeness (QED) is 0.917. The Morgan fingerprint density at radius 2 is 2.00 bits per heavy atom. The molecule has 5 nitrogen and oxygen atoms in total. The lowest BCUT2D eigenvalue weighted by Crippen LogP contribution is -2.43. The van der Waals surface area contributed by atoms with Crippen molar-refractivity contribution in [3.63, 3.8) is 0 Å². The highest BCUT2D eigenvalue weighted by molar-refractivity contribution is 5.80. The Bertz CT molecular complexity index is 545. The lowest BCUT2D eigenvalue weighted by atomic mass is 9.95. The van der Waals surface area contributed by atoms with E-state index < -0.39 is 6.04 Å². The predicted molar refractivity (Wildman–Crippen MR) is 77.7 cm³/mol. The van der Waals surface area contributed by atoms with Crippen molar-refractivity contribution in [2.75, 3.05) is 0 Å². The van der Waals surface area contributed by atoms with Crippen molar-refractivity contribution >= 4 is 5.91 Å². The molecule has 1 aromatic heterocycles. The van der Waals surface area contributed by atoms with E-state index in [4.69, 9.17) is 0 Å². The monoisotopic (exact) mass is 277 g/mol. The second-order valence-corrected chi connectivity index (χ2v) is 5.71. The highest BCUT2D eigenvalue weighted by atomic mass is 16.2. The number of aromatic nitrogens is 2. The molecule has 1 aliphatic rings. The molecule has 0 aromatic carbocycles. The zero-order chi connectivity index (χ0) is 14.7. The third-order valence-electron chi connectivity index (χ3n) is 3.99. The van der Waals surface area contributed by atoms with Crippen LogP contribution in [-0.4, -0.2) is 21.5 Å². The molecule has 2 rings (SSSR count). The number of amides is 1. The van der Waals surface area contributed by atoms with Gasteiger partial charge in [0.2, 0.25) is 5.91 Å². The van der Waals surface area contributed by atoms with E-state index in [-0.39, 0.29) is 17.6 Å². The molecule has 0 bridgehead atoms. The van der Waals surface area contributed by atoms with Gasteiger partial charge in [-0.3, -0.25) is 9.36 Å². The molecule has 0 aliphatic heterocycles. The Morgan fingerprint density at radius 1 is 1.35 bits per heavy atom. The van der Waals surface area contributed by atoms with Crippen molar-refractivity contribution in [2.24, 2.45) is 0 Å². The first-order chi connectivity index (χ1) is 9.49. The molecule has 1 fully saturated rings. The average Bonchev–Trinajstić information content (AvgIpc) is 2.38. The molecule has 110 valence electrons. The first kappa shape index (κ1) is 14.8. The Kier molecular flexibility index (Phi) is 4.57. The third kappa shape index (κ3) is 3.26. The van der Waals surface area contributed by atoms with Gasteiger partial charge in [-0.05, 0) is 39.7 Å². The Morgan fingerprint density at radius 3 is 2.60 bits per heavy atom. The zero-order valence-electron chi connectivity index (χ0n) is 12.5. The number of rotatable bonds is 3. The maximum atomic E-state index is 12.3. The molecular weight excluding hydrogens is 254 g/mol. The summed E-state index contributed by atoms with van der Waals surface area (Å²) in [5, 5.41) is 3.06. The van der Waals surface area contributed by atoms with Gasteiger partial charge < -0.3 is 5.32 Å². The Hall–Kier alpha value is -1.65. The van der Waals surface area contributed by atoms with E-state index in [0.717, 1.165) is 18.5 Å². The van der Waals surface area contributed by atoms with E-state index >= 15 is 0 Å². The topological polar surface area (TPSA) is 64.0 Å². The van der Waals surface area contributed by atoms with Gasteiger partial charge in [0.1, 0.15) is 6.04 Å². The van der Waals surface area contributed by atoms with Crippen LogP contribution in [0.1, 0.15) is 56.5 Å². The van der Waals surface area contributed by atoms with Crippen LogP contribution >= 0.6 is 0 Å². The van der Waals surface area contributed by atoms with Gasteiger partial charge in [0, 0.05) is 17.4 Å². The van der Waals surface area contributed by atoms with Gasteiger partial charge in [0.25, 0.3) is 0 Å². The molecule has 1 aliphatic carbocycles. The van der Waals surface area contributed by atoms with Crippen molar-refractivity contribution in [1.29, 1.82) is 0 Å². The van der Waals surface area contributed by atoms with Crippen molar-refractivity contribution < 1.29 is 4.79 Å². The minimum absolute atomic E-state index is 0.0900. The van der Waals surface area contributed by atoms with Gasteiger partial charge >= 0.3 is 5.69 Å². The molecule has 1 saturated carbocycles. The van der Waals surface area contributed by atoms with Crippen molar-refractivity contribution in [1.82, 2.24) is 14.9 Å². The van der Waals surface area contributed by atoms with Gasteiger partial charge in [-0.2, -0.15) is 4.98 Å². The molecule has 1 unspecified atom stereocenters. The number of hydrogen-bond acceptors (Lipinski definition) is 3. The fourth-order valence-electron chi connectivity index (χ4n) is 2.92. The fraction of sp³-hybridized carbons (Fsp3) is 0.667. The lowest BCUT2D eigenvalue weighted by Gasteiger charge is -2.25. The van der Waals surface area contributed by atoms with E-state index in [1.165, 1.54) is 23.8 Å². The van der Waals surface area contributed by atoms with E-state index in [1.54, 1.807) is 13.8 Å². The van der Waals surface area contributed by atoms with E-state index in [1.807, 2.05) is 13.0 Å². The summed E-state index contributed by atoms with van der Waals surface area (Å²) in [4.78, 5) is 28.2. The van der Waals surface area contributed by atoms with Gasteiger partial charge in [-0.15, -0.1) is 0 Å². The van der Waals surface area contributed by atoms with Crippen LogP contribution < -0.4 is 11.0 Å². The SMILES string of the molecule is Cc1cc(C)n(C(C)C(=O)NC2CCCCC2)c(=O)n1. The molecule has 1 N–H and O–H groups in total. The molecular formula is C15H23N3O2. The van der Waals surface area contributed by atoms with Gasteiger partial charge in [0.05, 0.1) is 0 Å². The number of carbonyl (C=O) groups is 1. The molecule has 1 amide bonds. The highest BCUT2D eigenvalue weighted by Gasteiger charge is 2.22. The second-order valence-electron chi connectivity index (χ2n) is 5.71. The molecule has 0 radical (unpaired) electrons. The largest absolute Gasteiger partial charge is 0.352 e. The van der Waals surface area contributed by atoms with Gasteiger partial charge in [0.15, 0.2) is 0 Å². The third-order valence-corrected chi connectivity index (χ3v) is 3.99. The number of hydrogen-bond donors (Lipinski definition) is 1. The molecule has 5 heteroatoms. The predicted octanol–water partition coefficient (Wildman–Crippen LogP) is 1.87. The smallest absolute Gasteiger partial charge is 0.348 e. The first-order valence-electron chi connectivity index (χ1n) is 7.36. The molecule has 0 spiro atoms. The van der Waals surface area contributed by atoms with E-state index in [9.17, 15) is 9.59 Å². The summed E-state index contributed by atoms with van der Waals surface area (Å²) in [6.07, 6.45) is 5.67. The van der Waals surface area contributed by atoms with Crippen LogP contribution in [0.5, 0.6) is 0 Å². The van der Waals surface area contributed by atoms with Crippen molar-refractivity contribution in [3.05, 3.63) is 27.9 Å². The van der Waals surface area contributed by atoms with E-state index in [0.29, 0.717) is 5.69 Å². The standard InChI is InChI=1S/C15H23N3O2/c1-10-9-11(2)18(15(20)16-10)12(3)14(19)17-13-7-5-4-6-8-13/h9,12-13H,4-8H2,1-3H3,(H,17,19). The number of aryl methyl sites for hydroxylation is 2. The summed E-state index contributed by atoms with van der Waals surface area (Å²) in [6.45, 7) is 5.37. The summed E-state index contributed by atoms with van der Waals surface area (Å²) < 4.78 is 1.46. The van der Waals surface area contributed by atoms with Crippen LogP contribution in [0.4, 0.5) is 0 Å². The molecule has 1 atom stereocenters. The Labute approximate surface area is 119 Å². The summed E-state index contributed by atoms with van der Waals surface area (Å²) in [5.41, 5.74) is 1.10. The van der Waals surface area contributed by atoms with Crippen LogP contribution in [0.3, 0.4) is 0 Å². The minimum Gasteiger partial charge on any atom is -0.352 e. The van der Waals surface area contributed by atoms with Crippen LogP contribution in [-0.2, 0) is 4.79 Å². The first-order valence-corrected chi connectivity index (χ1v) is 7.36. The van der Waals surface area contributed by atoms with Crippen LogP contribution in [0.15, 0.2) is 10.9 Å². The fourth-order valence-corrected chi connectivity index (χ4v) is 2.92. The van der Waals surface area contributed by atoms with E-state index in [2.05, 4.69) is 10.3 Å². The van der Waals surface area contributed by atoms with Crippen molar-refractivity contribution in [2.45, 2.75) is 65.0 Å². The lowest BCUT2D eigenvalue weighted by molar-refractivity contribution is -0.124. The van der Waals surface area contributed by atoms with Gasteiger partial charge in [-0.1, -0.05) is 19.3 Å². The molecule has 0 saturated heterocycles.